The Labute approximate surface area is 223 Å². The van der Waals surface area contributed by atoms with Gasteiger partial charge in [-0.15, -0.1) is 5.10 Å². The Morgan fingerprint density at radius 2 is 1.97 bits per heavy atom. The lowest BCUT2D eigenvalue weighted by molar-refractivity contribution is -0.149. The number of benzene rings is 2. The molecule has 2 N–H and O–H groups in total. The minimum atomic E-state index is -0.422. The van der Waals surface area contributed by atoms with Crippen molar-refractivity contribution in [3.63, 3.8) is 0 Å². The molecule has 37 heavy (non-hydrogen) atoms. The summed E-state index contributed by atoms with van der Waals surface area (Å²) in [6.07, 6.45) is 1.03. The molecular formula is C26H23Cl2N5O4. The van der Waals surface area contributed by atoms with Gasteiger partial charge < -0.3 is 24.8 Å². The highest BCUT2D eigenvalue weighted by Gasteiger charge is 2.44. The topological polar surface area (TPSA) is 104 Å². The molecule has 0 bridgehead atoms. The van der Waals surface area contributed by atoms with Gasteiger partial charge in [0.05, 0.1) is 19.3 Å². The Kier molecular flexibility index (Phi) is 6.68. The number of fused-ring (bicyclic) bond motifs is 1. The lowest BCUT2D eigenvalue weighted by Crippen LogP contribution is -2.56. The zero-order chi connectivity index (χ0) is 26.3. The van der Waals surface area contributed by atoms with E-state index in [4.69, 9.17) is 43.1 Å². The number of anilines is 1. The summed E-state index contributed by atoms with van der Waals surface area (Å²) in [5.74, 6) is 1.55. The number of nitrogens with two attached hydrogens (primary N) is 1. The van der Waals surface area contributed by atoms with Crippen molar-refractivity contribution in [3.05, 3.63) is 77.2 Å². The van der Waals surface area contributed by atoms with Crippen LogP contribution in [0.1, 0.15) is 11.7 Å². The van der Waals surface area contributed by atoms with Crippen molar-refractivity contribution in [2.24, 2.45) is 0 Å². The summed E-state index contributed by atoms with van der Waals surface area (Å²) < 4.78 is 18.9. The molecule has 0 saturated carbocycles. The van der Waals surface area contributed by atoms with Gasteiger partial charge in [-0.2, -0.15) is 4.98 Å². The zero-order valence-corrected chi connectivity index (χ0v) is 21.5. The van der Waals surface area contributed by atoms with E-state index < -0.39 is 6.04 Å². The van der Waals surface area contributed by atoms with Crippen LogP contribution in [0.2, 0.25) is 10.3 Å². The second-order valence-electron chi connectivity index (χ2n) is 8.35. The highest BCUT2D eigenvalue weighted by Crippen LogP contribution is 2.43. The van der Waals surface area contributed by atoms with Crippen LogP contribution in [0.3, 0.4) is 0 Å². The number of ether oxygens (including phenoxy) is 3. The van der Waals surface area contributed by atoms with Crippen LogP contribution in [-0.4, -0.2) is 52.3 Å². The molecule has 0 spiro atoms. The average Bonchev–Trinajstić information content (AvgIpc) is 3.22. The minimum Gasteiger partial charge on any atom is -0.493 e. The van der Waals surface area contributed by atoms with Crippen molar-refractivity contribution >= 4 is 40.4 Å². The molecule has 0 aliphatic carbocycles. The molecule has 2 atom stereocenters. The maximum Gasteiger partial charge on any atom is 0.246 e. The van der Waals surface area contributed by atoms with E-state index in [-0.39, 0.29) is 23.1 Å². The van der Waals surface area contributed by atoms with Gasteiger partial charge in [-0.3, -0.25) is 4.79 Å². The quantitative estimate of drug-likeness (QED) is 0.323. The Morgan fingerprint density at radius 1 is 1.16 bits per heavy atom. The number of methoxy groups -OCH3 is 2. The van der Waals surface area contributed by atoms with Crippen molar-refractivity contribution in [1.29, 1.82) is 0 Å². The standard InChI is InChI=1S/C26H23Cl2N5O4/c1-4-22(34)32-13-21(36-3)24(32)18-12-17(23-25(29)30-26(28)31-33(18)23)14-8-9-19(20(10-14)35-2)37-16-7-5-6-15(27)11-16/h4-12,21,24H,1,13H2,2-3H3,(H2,29,30,31)/t21-,24?/m0/s1. The minimum absolute atomic E-state index is 0.0221. The highest BCUT2D eigenvalue weighted by molar-refractivity contribution is 6.30. The fourth-order valence-electron chi connectivity index (χ4n) is 4.51. The van der Waals surface area contributed by atoms with E-state index >= 15 is 0 Å². The number of halogens is 2. The summed E-state index contributed by atoms with van der Waals surface area (Å²) in [4.78, 5) is 18.3. The van der Waals surface area contributed by atoms with Gasteiger partial charge in [0.1, 0.15) is 23.4 Å². The molecule has 11 heteroatoms. The first-order valence-corrected chi connectivity index (χ1v) is 12.0. The predicted molar refractivity (Wildman–Crippen MR) is 141 cm³/mol. The molecule has 4 aromatic rings. The van der Waals surface area contributed by atoms with Crippen LogP contribution in [-0.2, 0) is 9.53 Å². The third kappa shape index (κ3) is 4.46. The third-order valence-electron chi connectivity index (χ3n) is 6.27. The third-order valence-corrected chi connectivity index (χ3v) is 6.66. The number of carbonyl (C=O) groups excluding carboxylic acids is 1. The summed E-state index contributed by atoms with van der Waals surface area (Å²) in [6, 6.07) is 14.1. The second-order valence-corrected chi connectivity index (χ2v) is 9.12. The first-order valence-electron chi connectivity index (χ1n) is 11.3. The first-order chi connectivity index (χ1) is 17.8. The van der Waals surface area contributed by atoms with E-state index in [0.29, 0.717) is 40.0 Å². The number of hydrogen-bond donors (Lipinski definition) is 1. The molecular weight excluding hydrogens is 517 g/mol. The lowest BCUT2D eigenvalue weighted by Gasteiger charge is -2.46. The molecule has 1 amide bonds. The molecule has 2 aromatic carbocycles. The van der Waals surface area contributed by atoms with Gasteiger partial charge >= 0.3 is 0 Å². The van der Waals surface area contributed by atoms with Crippen molar-refractivity contribution in [3.8, 4) is 28.4 Å². The fraction of sp³-hybridized carbons (Fsp3) is 0.192. The molecule has 1 unspecified atom stereocenters. The summed E-state index contributed by atoms with van der Waals surface area (Å²) in [5.41, 5.74) is 9.03. The summed E-state index contributed by atoms with van der Waals surface area (Å²) >= 11 is 12.3. The molecule has 1 aliphatic heterocycles. The van der Waals surface area contributed by atoms with E-state index in [2.05, 4.69) is 16.7 Å². The number of carbonyl (C=O) groups is 1. The van der Waals surface area contributed by atoms with Crippen molar-refractivity contribution in [2.75, 3.05) is 26.5 Å². The molecule has 9 nitrogen and oxygen atoms in total. The number of nitrogen functional groups attached to an aromatic ring is 1. The molecule has 0 radical (unpaired) electrons. The van der Waals surface area contributed by atoms with Crippen LogP contribution in [0, 0.1) is 0 Å². The van der Waals surface area contributed by atoms with Gasteiger partial charge in [0.15, 0.2) is 17.3 Å². The maximum atomic E-state index is 12.5. The zero-order valence-electron chi connectivity index (χ0n) is 20.0. The molecule has 1 saturated heterocycles. The lowest BCUT2D eigenvalue weighted by atomic mass is 9.94. The Morgan fingerprint density at radius 3 is 2.68 bits per heavy atom. The molecule has 5 rings (SSSR count). The number of rotatable bonds is 7. The second kappa shape index (κ2) is 9.93. The first kappa shape index (κ1) is 24.9. The number of nitrogens with zero attached hydrogens (tertiary/aromatic N) is 4. The summed E-state index contributed by atoms with van der Waals surface area (Å²) in [7, 11) is 3.16. The summed E-state index contributed by atoms with van der Waals surface area (Å²) in [5, 5.41) is 4.94. The fourth-order valence-corrected chi connectivity index (χ4v) is 4.85. The molecule has 190 valence electrons. The average molecular weight is 540 g/mol. The molecule has 1 fully saturated rings. The highest BCUT2D eigenvalue weighted by atomic mass is 35.5. The van der Waals surface area contributed by atoms with Crippen molar-refractivity contribution in [2.45, 2.75) is 12.1 Å². The Hall–Kier alpha value is -3.79. The van der Waals surface area contributed by atoms with Crippen LogP contribution in [0.25, 0.3) is 16.6 Å². The predicted octanol–water partition coefficient (Wildman–Crippen LogP) is 5.17. The van der Waals surface area contributed by atoms with Crippen LogP contribution < -0.4 is 15.2 Å². The van der Waals surface area contributed by atoms with Gasteiger partial charge in [0, 0.05) is 17.7 Å². The van der Waals surface area contributed by atoms with E-state index in [1.165, 1.54) is 6.08 Å². The van der Waals surface area contributed by atoms with Gasteiger partial charge in [0.25, 0.3) is 0 Å². The van der Waals surface area contributed by atoms with E-state index in [0.717, 1.165) is 11.1 Å². The number of likely N-dealkylation sites (tertiary alicyclic amines) is 1. The van der Waals surface area contributed by atoms with Crippen LogP contribution in [0.4, 0.5) is 5.82 Å². The molecule has 2 aromatic heterocycles. The van der Waals surface area contributed by atoms with Crippen molar-refractivity contribution in [1.82, 2.24) is 19.5 Å². The Bertz CT molecular complexity index is 1520. The number of aromatic nitrogens is 3. The van der Waals surface area contributed by atoms with E-state index in [1.54, 1.807) is 54.0 Å². The maximum absolute atomic E-state index is 12.5. The molecule has 1 aliphatic rings. The summed E-state index contributed by atoms with van der Waals surface area (Å²) in [6.45, 7) is 4.03. The van der Waals surface area contributed by atoms with Gasteiger partial charge in [-0.1, -0.05) is 30.3 Å². The normalized spacial score (nSPS) is 16.9. The van der Waals surface area contributed by atoms with E-state index in [1.807, 2.05) is 18.2 Å². The number of amides is 1. The SMILES string of the molecule is C=CC(=O)N1C[C@H](OC)C1c1cc(-c2ccc(Oc3cccc(Cl)c3)c(OC)c2)c2c(N)nc(Cl)nn12. The van der Waals surface area contributed by atoms with Gasteiger partial charge in [-0.05, 0) is 59.6 Å². The number of hydrogen-bond acceptors (Lipinski definition) is 7. The van der Waals surface area contributed by atoms with Crippen LogP contribution in [0.5, 0.6) is 17.2 Å². The monoisotopic (exact) mass is 539 g/mol. The van der Waals surface area contributed by atoms with Crippen molar-refractivity contribution < 1.29 is 19.0 Å². The Balaban J connectivity index is 1.63. The largest absolute Gasteiger partial charge is 0.493 e. The van der Waals surface area contributed by atoms with Crippen LogP contribution in [0.15, 0.2) is 61.2 Å². The smallest absolute Gasteiger partial charge is 0.246 e. The van der Waals surface area contributed by atoms with Gasteiger partial charge in [-0.25, -0.2) is 4.52 Å². The molecule has 3 heterocycles. The van der Waals surface area contributed by atoms with E-state index in [9.17, 15) is 4.79 Å². The van der Waals surface area contributed by atoms with Gasteiger partial charge in [0.2, 0.25) is 11.2 Å². The van der Waals surface area contributed by atoms with Crippen LogP contribution >= 0.6 is 23.2 Å².